The normalized spacial score (nSPS) is 12.1. The Bertz CT molecular complexity index is 905. The summed E-state index contributed by atoms with van der Waals surface area (Å²) >= 11 is 7.65. The van der Waals surface area contributed by atoms with Crippen LogP contribution in [0, 0.1) is 0 Å². The molecule has 0 saturated heterocycles. The number of hydrogen-bond acceptors (Lipinski definition) is 3. The highest BCUT2D eigenvalue weighted by Gasteiger charge is 2.31. The number of alkyl halides is 3. The number of benzene rings is 1. The molecule has 0 spiro atoms. The predicted molar refractivity (Wildman–Crippen MR) is 90.4 cm³/mol. The second-order valence-corrected chi connectivity index (χ2v) is 6.87. The van der Waals surface area contributed by atoms with Crippen LogP contribution in [0.2, 0.25) is 5.02 Å². The van der Waals surface area contributed by atoms with Crippen molar-refractivity contribution in [2.45, 2.75) is 18.0 Å². The minimum atomic E-state index is -4.44. The Morgan fingerprint density at radius 1 is 1.25 bits per heavy atom. The van der Waals surface area contributed by atoms with Gasteiger partial charge in [-0.3, -0.25) is 0 Å². The smallest absolute Gasteiger partial charge is 0.312 e. The first kappa shape index (κ1) is 17.1. The maximum atomic E-state index is 12.9. The van der Waals surface area contributed by atoms with E-state index < -0.39 is 11.7 Å². The van der Waals surface area contributed by atoms with Crippen LogP contribution in [0.25, 0.3) is 22.6 Å². The van der Waals surface area contributed by atoms with Crippen LogP contribution in [0.15, 0.2) is 35.4 Å². The van der Waals surface area contributed by atoms with E-state index in [1.807, 2.05) is 19.1 Å². The monoisotopic (exact) mass is 371 g/mol. The molecule has 3 rings (SSSR count). The van der Waals surface area contributed by atoms with E-state index in [4.69, 9.17) is 11.6 Å². The fourth-order valence-electron chi connectivity index (χ4n) is 2.43. The summed E-state index contributed by atoms with van der Waals surface area (Å²) in [7, 11) is 1.74. The molecule has 126 valence electrons. The summed E-state index contributed by atoms with van der Waals surface area (Å²) in [5.74, 6) is 1.40. The van der Waals surface area contributed by atoms with Crippen LogP contribution in [0.4, 0.5) is 13.2 Å². The van der Waals surface area contributed by atoms with Gasteiger partial charge in [0.1, 0.15) is 11.3 Å². The van der Waals surface area contributed by atoms with Crippen molar-refractivity contribution in [3.63, 3.8) is 0 Å². The summed E-state index contributed by atoms with van der Waals surface area (Å²) in [5.41, 5.74) is 0.629. The van der Waals surface area contributed by atoms with Crippen molar-refractivity contribution in [2.75, 3.05) is 5.75 Å². The minimum absolute atomic E-state index is 0.213. The lowest BCUT2D eigenvalue weighted by Gasteiger charge is -2.09. The number of halogens is 4. The van der Waals surface area contributed by atoms with Gasteiger partial charge in [0.15, 0.2) is 5.65 Å². The third-order valence-electron chi connectivity index (χ3n) is 3.52. The highest BCUT2D eigenvalue weighted by Crippen LogP contribution is 2.35. The van der Waals surface area contributed by atoms with Crippen molar-refractivity contribution in [3.8, 4) is 11.4 Å². The predicted octanol–water partition coefficient (Wildman–Crippen LogP) is 5.42. The summed E-state index contributed by atoms with van der Waals surface area (Å²) in [5, 5.41) is 0.603. The zero-order chi connectivity index (χ0) is 17.5. The number of fused-ring (bicyclic) bond motifs is 1. The van der Waals surface area contributed by atoms with Gasteiger partial charge in [-0.1, -0.05) is 18.5 Å². The van der Waals surface area contributed by atoms with Crippen molar-refractivity contribution in [2.24, 2.45) is 7.05 Å². The first-order valence-corrected chi connectivity index (χ1v) is 8.50. The minimum Gasteiger partial charge on any atom is -0.312 e. The number of hydrogen-bond donors (Lipinski definition) is 0. The van der Waals surface area contributed by atoms with Crippen LogP contribution >= 0.6 is 23.4 Å². The molecule has 2 heterocycles. The highest BCUT2D eigenvalue weighted by molar-refractivity contribution is 7.99. The van der Waals surface area contributed by atoms with Gasteiger partial charge in [0, 0.05) is 28.7 Å². The van der Waals surface area contributed by atoms with Crippen LogP contribution in [0.3, 0.4) is 0 Å². The summed E-state index contributed by atoms with van der Waals surface area (Å²) in [6.07, 6.45) is -3.61. The summed E-state index contributed by atoms with van der Waals surface area (Å²) in [6.45, 7) is 2.02. The zero-order valence-corrected chi connectivity index (χ0v) is 14.4. The van der Waals surface area contributed by atoms with Crippen LogP contribution < -0.4 is 0 Å². The number of aromatic nitrogens is 3. The molecule has 8 heteroatoms. The molecule has 0 radical (unpaired) electrons. The SMILES string of the molecule is CCSc1cc(Cl)ccc1-c1nc2cc(C(F)(F)F)cnc2n1C. The Hall–Kier alpha value is -1.73. The molecule has 0 amide bonds. The standard InChI is InChI=1S/C16H13ClF3N3S/c1-3-24-13-7-10(17)4-5-11(13)14-22-12-6-9(16(18,19)20)8-21-15(12)23(14)2/h4-8H,3H2,1-2H3. The van der Waals surface area contributed by atoms with E-state index in [1.165, 1.54) is 0 Å². The van der Waals surface area contributed by atoms with Gasteiger partial charge in [0.05, 0.1) is 5.56 Å². The summed E-state index contributed by atoms with van der Waals surface area (Å²) in [4.78, 5) is 9.24. The van der Waals surface area contributed by atoms with Gasteiger partial charge in [-0.15, -0.1) is 11.8 Å². The molecule has 0 atom stereocenters. The van der Waals surface area contributed by atoms with Crippen molar-refractivity contribution in [3.05, 3.63) is 41.0 Å². The largest absolute Gasteiger partial charge is 0.417 e. The van der Waals surface area contributed by atoms with E-state index in [2.05, 4.69) is 9.97 Å². The average molecular weight is 372 g/mol. The van der Waals surface area contributed by atoms with Gasteiger partial charge >= 0.3 is 6.18 Å². The lowest BCUT2D eigenvalue weighted by Crippen LogP contribution is -2.05. The van der Waals surface area contributed by atoms with Crippen LogP contribution in [0.5, 0.6) is 0 Å². The average Bonchev–Trinajstić information content (AvgIpc) is 2.83. The van der Waals surface area contributed by atoms with Gasteiger partial charge in [-0.25, -0.2) is 9.97 Å². The fourth-order valence-corrected chi connectivity index (χ4v) is 3.50. The van der Waals surface area contributed by atoms with Gasteiger partial charge in [0.25, 0.3) is 0 Å². The zero-order valence-electron chi connectivity index (χ0n) is 12.9. The Morgan fingerprint density at radius 2 is 2.00 bits per heavy atom. The maximum Gasteiger partial charge on any atom is 0.417 e. The van der Waals surface area contributed by atoms with Crippen molar-refractivity contribution >= 4 is 34.5 Å². The Morgan fingerprint density at radius 3 is 2.67 bits per heavy atom. The quantitative estimate of drug-likeness (QED) is 0.576. The first-order chi connectivity index (χ1) is 11.3. The molecule has 3 nitrogen and oxygen atoms in total. The molecule has 24 heavy (non-hydrogen) atoms. The first-order valence-electron chi connectivity index (χ1n) is 7.13. The molecule has 0 aliphatic rings. The van der Waals surface area contributed by atoms with E-state index in [0.29, 0.717) is 16.5 Å². The van der Waals surface area contributed by atoms with Crippen LogP contribution in [0.1, 0.15) is 12.5 Å². The molecular formula is C16H13ClF3N3S. The molecule has 0 N–H and O–H groups in total. The number of nitrogens with zero attached hydrogens (tertiary/aromatic N) is 3. The fraction of sp³-hybridized carbons (Fsp3) is 0.250. The number of pyridine rings is 1. The number of rotatable bonds is 3. The van der Waals surface area contributed by atoms with Gasteiger partial charge in [-0.2, -0.15) is 13.2 Å². The van der Waals surface area contributed by atoms with Gasteiger partial charge in [-0.05, 0) is 30.0 Å². The molecule has 0 unspecified atom stereocenters. The molecule has 3 aromatic rings. The second-order valence-electron chi connectivity index (χ2n) is 5.13. The Kier molecular flexibility index (Phi) is 4.48. The molecule has 0 saturated carbocycles. The van der Waals surface area contributed by atoms with Crippen LogP contribution in [-0.4, -0.2) is 20.3 Å². The van der Waals surface area contributed by atoms with Crippen LogP contribution in [-0.2, 0) is 13.2 Å². The third-order valence-corrected chi connectivity index (χ3v) is 4.69. The lowest BCUT2D eigenvalue weighted by atomic mass is 10.2. The number of thioether (sulfide) groups is 1. The summed E-state index contributed by atoms with van der Waals surface area (Å²) < 4.78 is 40.3. The molecule has 1 aromatic carbocycles. The number of aryl methyl sites for hydroxylation is 1. The van der Waals surface area contributed by atoms with Crippen molar-refractivity contribution in [1.29, 1.82) is 0 Å². The third kappa shape index (κ3) is 3.10. The lowest BCUT2D eigenvalue weighted by molar-refractivity contribution is -0.137. The Labute approximate surface area is 145 Å². The maximum absolute atomic E-state index is 12.9. The van der Waals surface area contributed by atoms with E-state index in [0.717, 1.165) is 28.5 Å². The van der Waals surface area contributed by atoms with E-state index in [9.17, 15) is 13.2 Å². The van der Waals surface area contributed by atoms with E-state index in [-0.39, 0.29) is 5.52 Å². The molecule has 0 fully saturated rings. The molecule has 0 aliphatic heterocycles. The summed E-state index contributed by atoms with van der Waals surface area (Å²) in [6, 6.07) is 6.42. The van der Waals surface area contributed by atoms with Gasteiger partial charge < -0.3 is 4.57 Å². The number of imidazole rings is 1. The van der Waals surface area contributed by atoms with Crippen molar-refractivity contribution < 1.29 is 13.2 Å². The van der Waals surface area contributed by atoms with E-state index >= 15 is 0 Å². The topological polar surface area (TPSA) is 30.7 Å². The van der Waals surface area contributed by atoms with Crippen molar-refractivity contribution in [1.82, 2.24) is 14.5 Å². The molecule has 0 bridgehead atoms. The Balaban J connectivity index is 2.19. The molecule has 0 aliphatic carbocycles. The highest BCUT2D eigenvalue weighted by atomic mass is 35.5. The molecular weight excluding hydrogens is 359 g/mol. The second kappa shape index (κ2) is 6.29. The van der Waals surface area contributed by atoms with E-state index in [1.54, 1.807) is 29.4 Å². The van der Waals surface area contributed by atoms with Gasteiger partial charge in [0.2, 0.25) is 0 Å². The molecule has 2 aromatic heterocycles.